The summed E-state index contributed by atoms with van der Waals surface area (Å²) in [5.41, 5.74) is 0.802. The van der Waals surface area contributed by atoms with E-state index in [0.29, 0.717) is 10.6 Å². The number of barbiturate groups is 1. The van der Waals surface area contributed by atoms with E-state index in [4.69, 9.17) is 11.6 Å². The quantitative estimate of drug-likeness (QED) is 0.539. The summed E-state index contributed by atoms with van der Waals surface area (Å²) >= 11 is 5.89. The lowest BCUT2D eigenvalue weighted by Crippen LogP contribution is -2.59. The number of hydrogen-bond donors (Lipinski definition) is 3. The summed E-state index contributed by atoms with van der Waals surface area (Å²) in [6.45, 7) is 1.63. The first-order chi connectivity index (χ1) is 10.3. The molecule has 0 unspecified atom stereocenters. The Labute approximate surface area is 129 Å². The number of amides is 5. The van der Waals surface area contributed by atoms with Crippen LogP contribution in [0.3, 0.4) is 0 Å². The summed E-state index contributed by atoms with van der Waals surface area (Å²) < 4.78 is 0. The van der Waals surface area contributed by atoms with E-state index in [1.165, 1.54) is 6.07 Å². The number of nitrogens with one attached hydrogen (secondary N) is 3. The molecule has 22 heavy (non-hydrogen) atoms. The van der Waals surface area contributed by atoms with Gasteiger partial charge in [-0.1, -0.05) is 17.7 Å². The fourth-order valence-electron chi connectivity index (χ4n) is 1.81. The summed E-state index contributed by atoms with van der Waals surface area (Å²) in [5, 5.41) is 6.16. The van der Waals surface area contributed by atoms with Crippen molar-refractivity contribution in [2.75, 3.05) is 5.32 Å². The Morgan fingerprint density at radius 3 is 2.32 bits per heavy atom. The van der Waals surface area contributed by atoms with Crippen LogP contribution in [0.1, 0.15) is 5.56 Å². The molecule has 9 heteroatoms. The fraction of sp³-hybridized carbons (Fsp3) is 0.154. The smallest absolute Gasteiger partial charge is 0.319 e. The average molecular weight is 324 g/mol. The molecule has 0 radical (unpaired) electrons. The highest BCUT2D eigenvalue weighted by Crippen LogP contribution is 2.23. The van der Waals surface area contributed by atoms with Crippen molar-refractivity contribution in [1.82, 2.24) is 10.6 Å². The molecule has 1 aromatic carbocycles. The van der Waals surface area contributed by atoms with Crippen LogP contribution in [0, 0.1) is 12.8 Å². The largest absolute Gasteiger partial charge is 0.328 e. The van der Waals surface area contributed by atoms with Gasteiger partial charge in [0.25, 0.3) is 5.91 Å². The molecule has 1 aromatic rings. The average Bonchev–Trinajstić information content (AvgIpc) is 2.42. The van der Waals surface area contributed by atoms with Crippen LogP contribution in [0.25, 0.3) is 0 Å². The third-order valence-electron chi connectivity index (χ3n) is 3.00. The van der Waals surface area contributed by atoms with Crippen LogP contribution in [0.4, 0.5) is 10.5 Å². The van der Waals surface area contributed by atoms with Crippen LogP contribution in [0.15, 0.2) is 18.2 Å². The van der Waals surface area contributed by atoms with Gasteiger partial charge in [-0.2, -0.15) is 0 Å². The van der Waals surface area contributed by atoms with E-state index in [0.717, 1.165) is 0 Å². The predicted molar refractivity (Wildman–Crippen MR) is 75.0 cm³/mol. The van der Waals surface area contributed by atoms with Gasteiger partial charge in [0.1, 0.15) is 0 Å². The summed E-state index contributed by atoms with van der Waals surface area (Å²) in [7, 11) is 0. The summed E-state index contributed by atoms with van der Waals surface area (Å²) in [6, 6.07) is 3.64. The molecule has 114 valence electrons. The van der Waals surface area contributed by atoms with E-state index in [1.807, 2.05) is 0 Å². The van der Waals surface area contributed by atoms with E-state index in [1.54, 1.807) is 29.7 Å². The Bertz CT molecular complexity index is 696. The number of rotatable bonds is 3. The highest BCUT2D eigenvalue weighted by molar-refractivity contribution is 6.49. The van der Waals surface area contributed by atoms with Gasteiger partial charge < -0.3 is 5.32 Å². The molecule has 2 rings (SSSR count). The number of imide groups is 2. The van der Waals surface area contributed by atoms with Crippen molar-refractivity contribution < 1.29 is 24.0 Å². The number of Topliss-reactive ketones (excluding diaryl/α,β-unsaturated/α-hetero) is 1. The van der Waals surface area contributed by atoms with Gasteiger partial charge in [0.2, 0.25) is 17.6 Å². The Kier molecular flexibility index (Phi) is 4.22. The minimum atomic E-state index is -1.91. The molecule has 0 spiro atoms. The van der Waals surface area contributed by atoms with Gasteiger partial charge >= 0.3 is 6.03 Å². The Balaban J connectivity index is 2.17. The van der Waals surface area contributed by atoms with Crippen molar-refractivity contribution in [3.05, 3.63) is 28.8 Å². The molecular weight excluding hydrogens is 314 g/mol. The highest BCUT2D eigenvalue weighted by atomic mass is 35.5. The number of carbonyl (C=O) groups excluding carboxylic acids is 5. The molecule has 1 saturated heterocycles. The van der Waals surface area contributed by atoms with Gasteiger partial charge in [0, 0.05) is 10.7 Å². The second kappa shape index (κ2) is 5.94. The fourth-order valence-corrected chi connectivity index (χ4v) is 1.99. The molecular formula is C13H10ClN3O5. The number of urea groups is 1. The SMILES string of the molecule is Cc1c(Cl)cccc1NC(=O)C(=O)C1C(=O)NC(=O)NC1=O. The number of benzene rings is 1. The maximum Gasteiger partial charge on any atom is 0.328 e. The van der Waals surface area contributed by atoms with E-state index >= 15 is 0 Å². The monoisotopic (exact) mass is 323 g/mol. The minimum absolute atomic E-state index is 0.276. The lowest BCUT2D eigenvalue weighted by atomic mass is 10.00. The Hall–Kier alpha value is -2.74. The molecule has 1 heterocycles. The van der Waals surface area contributed by atoms with Gasteiger partial charge in [0.05, 0.1) is 0 Å². The molecule has 3 N–H and O–H groups in total. The van der Waals surface area contributed by atoms with Crippen LogP contribution in [0.2, 0.25) is 5.02 Å². The van der Waals surface area contributed by atoms with E-state index in [2.05, 4.69) is 5.32 Å². The molecule has 0 aromatic heterocycles. The van der Waals surface area contributed by atoms with Gasteiger partial charge in [-0.15, -0.1) is 0 Å². The maximum atomic E-state index is 11.9. The summed E-state index contributed by atoms with van der Waals surface area (Å²) in [4.78, 5) is 57.8. The van der Waals surface area contributed by atoms with Crippen molar-refractivity contribution in [2.45, 2.75) is 6.92 Å². The molecule has 0 saturated carbocycles. The lowest BCUT2D eigenvalue weighted by Gasteiger charge is -2.19. The molecule has 0 bridgehead atoms. The first-order valence-electron chi connectivity index (χ1n) is 6.07. The van der Waals surface area contributed by atoms with Crippen molar-refractivity contribution in [2.24, 2.45) is 5.92 Å². The number of carbonyl (C=O) groups is 5. The second-order valence-electron chi connectivity index (χ2n) is 4.47. The third kappa shape index (κ3) is 2.96. The molecule has 1 aliphatic rings. The van der Waals surface area contributed by atoms with Crippen LogP contribution >= 0.6 is 11.6 Å². The second-order valence-corrected chi connectivity index (χ2v) is 4.88. The van der Waals surface area contributed by atoms with Crippen molar-refractivity contribution in [3.8, 4) is 0 Å². The van der Waals surface area contributed by atoms with E-state index in [9.17, 15) is 24.0 Å². The van der Waals surface area contributed by atoms with Crippen LogP contribution in [-0.4, -0.2) is 29.5 Å². The van der Waals surface area contributed by atoms with Crippen LogP contribution < -0.4 is 16.0 Å². The maximum absolute atomic E-state index is 11.9. The molecule has 0 atom stereocenters. The number of anilines is 1. The molecule has 1 aliphatic heterocycles. The predicted octanol–water partition coefficient (Wildman–Crippen LogP) is 0.138. The molecule has 5 amide bonds. The zero-order valence-corrected chi connectivity index (χ0v) is 12.0. The number of hydrogen-bond acceptors (Lipinski definition) is 5. The standard InChI is InChI=1S/C13H10ClN3O5/c1-5-6(14)3-2-4-7(5)15-12(21)9(18)8-10(19)16-13(22)17-11(8)20/h2-4,8H,1H3,(H,15,21)(H2,16,17,19,20,22). The van der Waals surface area contributed by atoms with Crippen LogP contribution in [0.5, 0.6) is 0 Å². The third-order valence-corrected chi connectivity index (χ3v) is 3.41. The van der Waals surface area contributed by atoms with Crippen molar-refractivity contribution in [3.63, 3.8) is 0 Å². The van der Waals surface area contributed by atoms with Gasteiger partial charge in [-0.05, 0) is 24.6 Å². The topological polar surface area (TPSA) is 121 Å². The zero-order valence-electron chi connectivity index (χ0n) is 11.2. The van der Waals surface area contributed by atoms with E-state index in [-0.39, 0.29) is 5.69 Å². The van der Waals surface area contributed by atoms with Gasteiger partial charge in [0.15, 0.2) is 5.92 Å². The van der Waals surface area contributed by atoms with Crippen LogP contribution in [-0.2, 0) is 19.2 Å². The molecule has 0 aliphatic carbocycles. The normalized spacial score (nSPS) is 15.1. The summed E-state index contributed by atoms with van der Waals surface area (Å²) in [6.07, 6.45) is 0. The number of halogens is 1. The van der Waals surface area contributed by atoms with Crippen molar-refractivity contribution in [1.29, 1.82) is 0 Å². The first-order valence-corrected chi connectivity index (χ1v) is 6.45. The number of ketones is 1. The Morgan fingerprint density at radius 2 is 1.73 bits per heavy atom. The lowest BCUT2D eigenvalue weighted by molar-refractivity contribution is -0.147. The first kappa shape index (κ1) is 15.6. The van der Waals surface area contributed by atoms with Gasteiger partial charge in [-0.3, -0.25) is 29.8 Å². The van der Waals surface area contributed by atoms with Gasteiger partial charge in [-0.25, -0.2) is 4.79 Å². The Morgan fingerprint density at radius 1 is 1.14 bits per heavy atom. The zero-order chi connectivity index (χ0) is 16.4. The van der Waals surface area contributed by atoms with E-state index < -0.39 is 35.5 Å². The molecule has 8 nitrogen and oxygen atoms in total. The summed E-state index contributed by atoms with van der Waals surface area (Å²) in [5.74, 6) is -6.62. The highest BCUT2D eigenvalue weighted by Gasteiger charge is 2.42. The van der Waals surface area contributed by atoms with Crippen molar-refractivity contribution >= 4 is 46.8 Å². The molecule has 1 fully saturated rings. The minimum Gasteiger partial charge on any atom is -0.319 e.